The molecule has 2 unspecified atom stereocenters. The number of hydrogen-bond donors (Lipinski definition) is 3. The van der Waals surface area contributed by atoms with E-state index in [0.29, 0.717) is 12.8 Å². The van der Waals surface area contributed by atoms with Crippen LogP contribution in [0.3, 0.4) is 0 Å². The summed E-state index contributed by atoms with van der Waals surface area (Å²) in [4.78, 5) is 12.4. The van der Waals surface area contributed by atoms with E-state index in [1.807, 2.05) is 0 Å². The first-order valence-corrected chi connectivity index (χ1v) is 22.9. The third kappa shape index (κ3) is 38.4. The molecule has 0 spiro atoms. The summed E-state index contributed by atoms with van der Waals surface area (Å²) in [5.74, 6) is -0.0388. The van der Waals surface area contributed by atoms with Crippen LogP contribution < -0.4 is 5.32 Å². The molecule has 0 aromatic carbocycles. The van der Waals surface area contributed by atoms with Crippen molar-refractivity contribution in [3.8, 4) is 0 Å². The van der Waals surface area contributed by atoms with E-state index >= 15 is 0 Å². The van der Waals surface area contributed by atoms with Crippen molar-refractivity contribution in [2.24, 2.45) is 0 Å². The Morgan fingerprint density at radius 1 is 0.460 bits per heavy atom. The van der Waals surface area contributed by atoms with Crippen LogP contribution in [0.25, 0.3) is 0 Å². The van der Waals surface area contributed by atoms with Crippen LogP contribution in [0.1, 0.15) is 258 Å². The van der Waals surface area contributed by atoms with Gasteiger partial charge in [-0.25, -0.2) is 0 Å². The SMILES string of the molecule is CCCCC/C=C\CCCCCCCC(=O)NC(CO)C(O)CCCCCCCCCCCCCCCCCCCCCCCCCCCC. The largest absolute Gasteiger partial charge is 0.394 e. The Labute approximate surface area is 314 Å². The van der Waals surface area contributed by atoms with Crippen molar-refractivity contribution in [2.75, 3.05) is 6.61 Å². The summed E-state index contributed by atoms with van der Waals surface area (Å²) in [6.07, 6.45) is 53.1. The minimum absolute atomic E-state index is 0.0388. The van der Waals surface area contributed by atoms with Gasteiger partial charge in [-0.1, -0.05) is 225 Å². The minimum atomic E-state index is -0.659. The van der Waals surface area contributed by atoms with Crippen LogP contribution in [0.4, 0.5) is 0 Å². The van der Waals surface area contributed by atoms with Crippen molar-refractivity contribution in [1.29, 1.82) is 0 Å². The predicted octanol–water partition coefficient (Wildman–Crippen LogP) is 14.2. The smallest absolute Gasteiger partial charge is 0.220 e. The van der Waals surface area contributed by atoms with E-state index in [0.717, 1.165) is 25.7 Å². The van der Waals surface area contributed by atoms with Gasteiger partial charge in [-0.15, -0.1) is 0 Å². The fourth-order valence-corrected chi connectivity index (χ4v) is 7.24. The fourth-order valence-electron chi connectivity index (χ4n) is 7.24. The zero-order valence-electron chi connectivity index (χ0n) is 34.2. The van der Waals surface area contributed by atoms with Gasteiger partial charge in [-0.2, -0.15) is 0 Å². The van der Waals surface area contributed by atoms with Gasteiger partial charge < -0.3 is 15.5 Å². The Morgan fingerprint density at radius 2 is 0.760 bits per heavy atom. The third-order valence-electron chi connectivity index (χ3n) is 10.8. The van der Waals surface area contributed by atoms with Gasteiger partial charge >= 0.3 is 0 Å². The summed E-state index contributed by atoms with van der Waals surface area (Å²) in [7, 11) is 0. The quantitative estimate of drug-likeness (QED) is 0.0437. The molecule has 298 valence electrons. The van der Waals surface area contributed by atoms with E-state index in [-0.39, 0.29) is 12.5 Å². The first-order chi connectivity index (χ1) is 24.7. The highest BCUT2D eigenvalue weighted by Gasteiger charge is 2.20. The molecule has 50 heavy (non-hydrogen) atoms. The van der Waals surface area contributed by atoms with E-state index in [4.69, 9.17) is 0 Å². The Morgan fingerprint density at radius 3 is 1.14 bits per heavy atom. The van der Waals surface area contributed by atoms with Gasteiger partial charge in [-0.05, 0) is 38.5 Å². The van der Waals surface area contributed by atoms with Crippen molar-refractivity contribution >= 4 is 5.91 Å². The monoisotopic (exact) mass is 706 g/mol. The summed E-state index contributed by atoms with van der Waals surface area (Å²) < 4.78 is 0. The number of aliphatic hydroxyl groups is 2. The molecule has 0 heterocycles. The highest BCUT2D eigenvalue weighted by molar-refractivity contribution is 5.76. The molecule has 4 nitrogen and oxygen atoms in total. The molecule has 3 N–H and O–H groups in total. The van der Waals surface area contributed by atoms with Crippen LogP contribution in [0.15, 0.2) is 12.2 Å². The molecule has 0 aliphatic rings. The fraction of sp³-hybridized carbons (Fsp3) is 0.935. The number of carbonyl (C=O) groups is 1. The first-order valence-electron chi connectivity index (χ1n) is 22.9. The lowest BCUT2D eigenvalue weighted by atomic mass is 10.0. The number of unbranched alkanes of at least 4 members (excludes halogenated alkanes) is 33. The van der Waals surface area contributed by atoms with Crippen LogP contribution >= 0.6 is 0 Å². The lowest BCUT2D eigenvalue weighted by Crippen LogP contribution is -2.45. The number of rotatable bonds is 42. The van der Waals surface area contributed by atoms with Gasteiger partial charge in [0.15, 0.2) is 0 Å². The minimum Gasteiger partial charge on any atom is -0.394 e. The molecule has 0 saturated heterocycles. The molecular formula is C46H91NO3. The van der Waals surface area contributed by atoms with E-state index in [2.05, 4.69) is 31.3 Å². The lowest BCUT2D eigenvalue weighted by molar-refractivity contribution is -0.123. The summed E-state index contributed by atoms with van der Waals surface area (Å²) in [5.41, 5.74) is 0. The van der Waals surface area contributed by atoms with Gasteiger partial charge in [0.05, 0.1) is 18.8 Å². The maximum atomic E-state index is 12.4. The average molecular weight is 706 g/mol. The molecule has 4 heteroatoms. The van der Waals surface area contributed by atoms with Crippen molar-refractivity contribution in [3.63, 3.8) is 0 Å². The predicted molar refractivity (Wildman–Crippen MR) is 221 cm³/mol. The molecule has 0 bridgehead atoms. The summed E-state index contributed by atoms with van der Waals surface area (Å²) in [6, 6.07) is -0.536. The maximum Gasteiger partial charge on any atom is 0.220 e. The Balaban J connectivity index is 3.42. The van der Waals surface area contributed by atoms with Gasteiger partial charge in [0, 0.05) is 6.42 Å². The van der Waals surface area contributed by atoms with Gasteiger partial charge in [0.2, 0.25) is 5.91 Å². The number of nitrogens with one attached hydrogen (secondary N) is 1. The van der Waals surface area contributed by atoms with Crippen LogP contribution in [-0.4, -0.2) is 34.9 Å². The Hall–Kier alpha value is -0.870. The molecule has 0 aliphatic carbocycles. The number of aliphatic hydroxyl groups excluding tert-OH is 2. The summed E-state index contributed by atoms with van der Waals surface area (Å²) >= 11 is 0. The van der Waals surface area contributed by atoms with Crippen LogP contribution in [0, 0.1) is 0 Å². The number of amides is 1. The molecule has 1 amide bonds. The third-order valence-corrected chi connectivity index (χ3v) is 10.8. The zero-order valence-corrected chi connectivity index (χ0v) is 34.2. The highest BCUT2D eigenvalue weighted by atomic mass is 16.3. The lowest BCUT2D eigenvalue weighted by Gasteiger charge is -2.22. The molecule has 0 fully saturated rings. The average Bonchev–Trinajstić information content (AvgIpc) is 3.12. The highest BCUT2D eigenvalue weighted by Crippen LogP contribution is 2.17. The van der Waals surface area contributed by atoms with E-state index < -0.39 is 12.1 Å². The van der Waals surface area contributed by atoms with E-state index in [9.17, 15) is 15.0 Å². The van der Waals surface area contributed by atoms with Crippen molar-refractivity contribution in [2.45, 2.75) is 270 Å². The van der Waals surface area contributed by atoms with Crippen LogP contribution in [0.2, 0.25) is 0 Å². The normalized spacial score (nSPS) is 13.0. The Bertz CT molecular complexity index is 680. The van der Waals surface area contributed by atoms with Crippen molar-refractivity contribution in [3.05, 3.63) is 12.2 Å². The number of hydrogen-bond acceptors (Lipinski definition) is 3. The van der Waals surface area contributed by atoms with Crippen molar-refractivity contribution < 1.29 is 15.0 Å². The molecular weight excluding hydrogens is 615 g/mol. The number of allylic oxidation sites excluding steroid dienone is 2. The first kappa shape index (κ1) is 49.1. The van der Waals surface area contributed by atoms with E-state index in [1.165, 1.54) is 205 Å². The topological polar surface area (TPSA) is 69.6 Å². The van der Waals surface area contributed by atoms with Crippen LogP contribution in [0.5, 0.6) is 0 Å². The number of carbonyl (C=O) groups excluding carboxylic acids is 1. The molecule has 0 saturated carbocycles. The second-order valence-electron chi connectivity index (χ2n) is 15.8. The second kappa shape index (κ2) is 42.5. The molecule has 0 radical (unpaired) electrons. The second-order valence-corrected chi connectivity index (χ2v) is 15.8. The summed E-state index contributed by atoms with van der Waals surface area (Å²) in [6.45, 7) is 4.35. The van der Waals surface area contributed by atoms with E-state index in [1.54, 1.807) is 0 Å². The summed E-state index contributed by atoms with van der Waals surface area (Å²) in [5, 5.41) is 23.2. The Kier molecular flexibility index (Phi) is 41.8. The molecule has 2 atom stereocenters. The molecule has 0 rings (SSSR count). The van der Waals surface area contributed by atoms with Gasteiger partial charge in [0.1, 0.15) is 0 Å². The molecule has 0 aromatic rings. The maximum absolute atomic E-state index is 12.4. The molecule has 0 aliphatic heterocycles. The van der Waals surface area contributed by atoms with Crippen molar-refractivity contribution in [1.82, 2.24) is 5.32 Å². The zero-order chi connectivity index (χ0) is 36.4. The molecule has 0 aromatic heterocycles. The van der Waals surface area contributed by atoms with Gasteiger partial charge in [0.25, 0.3) is 0 Å². The standard InChI is InChI=1S/C46H91NO3/c1-3-5-7-9-11-13-15-17-18-19-20-21-22-23-24-25-26-27-28-29-30-31-33-35-37-39-41-45(49)44(43-48)47-46(50)42-40-38-36-34-32-16-14-12-10-8-6-4-2/h12,14,44-45,48-49H,3-11,13,15-43H2,1-2H3,(H,47,50)/b14-12-. The van der Waals surface area contributed by atoms with Gasteiger partial charge in [-0.3, -0.25) is 4.79 Å². The van der Waals surface area contributed by atoms with Crippen LogP contribution in [-0.2, 0) is 4.79 Å².